The van der Waals surface area contributed by atoms with Crippen LogP contribution in [0.1, 0.15) is 5.56 Å². The molecule has 2 heteroatoms. The van der Waals surface area contributed by atoms with Crippen molar-refractivity contribution in [3.8, 4) is 5.75 Å². The number of rotatable bonds is 0. The molecule has 0 atom stereocenters. The molecule has 1 aromatic rings. The molecule has 1 aliphatic heterocycles. The first-order valence-electron chi connectivity index (χ1n) is 3.52. The second kappa shape index (κ2) is 3.01. The van der Waals surface area contributed by atoms with Crippen molar-refractivity contribution < 1.29 is 4.18 Å². The van der Waals surface area contributed by atoms with Crippen LogP contribution in [0, 0.1) is 0 Å². The van der Waals surface area contributed by atoms with E-state index >= 15 is 0 Å². The van der Waals surface area contributed by atoms with Crippen LogP contribution in [-0.2, 0) is 0 Å². The summed E-state index contributed by atoms with van der Waals surface area (Å²) in [6.07, 6.45) is 4.20. The largest absolute Gasteiger partial charge is 0.425 e. The van der Waals surface area contributed by atoms with Crippen molar-refractivity contribution in [3.05, 3.63) is 35.9 Å². The Labute approximate surface area is 70.3 Å². The van der Waals surface area contributed by atoms with Crippen molar-refractivity contribution in [1.29, 1.82) is 0 Å². The molecule has 0 unspecified atom stereocenters. The molecule has 0 bridgehead atoms. The summed E-state index contributed by atoms with van der Waals surface area (Å²) < 4.78 is 5.40. The van der Waals surface area contributed by atoms with Crippen LogP contribution in [0.15, 0.2) is 30.3 Å². The second-order valence-electron chi connectivity index (χ2n) is 2.31. The monoisotopic (exact) mass is 164 g/mol. The van der Waals surface area contributed by atoms with Crippen molar-refractivity contribution in [1.82, 2.24) is 0 Å². The first kappa shape index (κ1) is 6.80. The van der Waals surface area contributed by atoms with Crippen LogP contribution in [0.3, 0.4) is 0 Å². The standard InChI is InChI=1S/C9H8OS/c1-2-6-9-8(4-1)5-3-7-11-10-9/h1-6H,7H2. The van der Waals surface area contributed by atoms with Crippen molar-refractivity contribution in [2.45, 2.75) is 0 Å². The second-order valence-corrected chi connectivity index (χ2v) is 3.04. The summed E-state index contributed by atoms with van der Waals surface area (Å²) in [5.74, 6) is 1.89. The molecule has 56 valence electrons. The van der Waals surface area contributed by atoms with Crippen molar-refractivity contribution in [2.24, 2.45) is 0 Å². The smallest absolute Gasteiger partial charge is 0.144 e. The molecule has 0 N–H and O–H groups in total. The van der Waals surface area contributed by atoms with Gasteiger partial charge >= 0.3 is 0 Å². The van der Waals surface area contributed by atoms with E-state index in [0.29, 0.717) is 0 Å². The van der Waals surface area contributed by atoms with Gasteiger partial charge in [0.05, 0.1) is 17.8 Å². The summed E-state index contributed by atoms with van der Waals surface area (Å²) in [4.78, 5) is 0. The van der Waals surface area contributed by atoms with E-state index in [1.807, 2.05) is 18.2 Å². The summed E-state index contributed by atoms with van der Waals surface area (Å²) in [6.45, 7) is 0. The molecule has 1 aliphatic rings. The highest BCUT2D eigenvalue weighted by atomic mass is 32.2. The molecule has 2 rings (SSSR count). The quantitative estimate of drug-likeness (QED) is 0.545. The Kier molecular flexibility index (Phi) is 1.86. The Bertz CT molecular complexity index is 281. The predicted molar refractivity (Wildman–Crippen MR) is 48.6 cm³/mol. The SMILES string of the molecule is C1=Cc2ccccc2OSC1. The highest BCUT2D eigenvalue weighted by Gasteiger charge is 2.02. The minimum absolute atomic E-state index is 0.925. The van der Waals surface area contributed by atoms with Gasteiger partial charge < -0.3 is 4.18 Å². The molecule has 1 nitrogen and oxygen atoms in total. The number of hydrogen-bond acceptors (Lipinski definition) is 2. The van der Waals surface area contributed by atoms with Gasteiger partial charge in [0.1, 0.15) is 5.75 Å². The molecular weight excluding hydrogens is 156 g/mol. The van der Waals surface area contributed by atoms with E-state index in [-0.39, 0.29) is 0 Å². The zero-order valence-corrected chi connectivity index (χ0v) is 6.80. The Morgan fingerprint density at radius 3 is 3.18 bits per heavy atom. The molecule has 11 heavy (non-hydrogen) atoms. The summed E-state index contributed by atoms with van der Waals surface area (Å²) in [5, 5.41) is 0. The minimum atomic E-state index is 0.925. The van der Waals surface area contributed by atoms with Crippen LogP contribution in [-0.4, -0.2) is 5.75 Å². The van der Waals surface area contributed by atoms with E-state index in [2.05, 4.69) is 18.2 Å². The summed E-state index contributed by atoms with van der Waals surface area (Å²) in [5.41, 5.74) is 1.16. The van der Waals surface area contributed by atoms with Gasteiger partial charge in [-0.1, -0.05) is 30.4 Å². The zero-order chi connectivity index (χ0) is 7.52. The molecule has 0 aromatic heterocycles. The van der Waals surface area contributed by atoms with Gasteiger partial charge in [0.2, 0.25) is 0 Å². The lowest BCUT2D eigenvalue weighted by Gasteiger charge is -2.01. The highest BCUT2D eigenvalue weighted by molar-refractivity contribution is 7.95. The third-order valence-electron chi connectivity index (χ3n) is 1.53. The van der Waals surface area contributed by atoms with Crippen molar-refractivity contribution >= 4 is 18.1 Å². The van der Waals surface area contributed by atoms with Gasteiger partial charge in [0, 0.05) is 5.56 Å². The normalized spacial score (nSPS) is 14.9. The molecule has 0 saturated heterocycles. The topological polar surface area (TPSA) is 9.23 Å². The van der Waals surface area contributed by atoms with Crippen molar-refractivity contribution in [3.63, 3.8) is 0 Å². The van der Waals surface area contributed by atoms with Gasteiger partial charge in [0.25, 0.3) is 0 Å². The van der Waals surface area contributed by atoms with Crippen molar-refractivity contribution in [2.75, 3.05) is 5.75 Å². The predicted octanol–water partition coefficient (Wildman–Crippen LogP) is 2.74. The highest BCUT2D eigenvalue weighted by Crippen LogP contribution is 2.25. The lowest BCUT2D eigenvalue weighted by molar-refractivity contribution is 0.648. The van der Waals surface area contributed by atoms with Crippen LogP contribution < -0.4 is 4.18 Å². The Morgan fingerprint density at radius 1 is 1.27 bits per heavy atom. The maximum atomic E-state index is 5.40. The lowest BCUT2D eigenvalue weighted by atomic mass is 10.2. The third kappa shape index (κ3) is 1.40. The average molecular weight is 164 g/mol. The molecule has 0 radical (unpaired) electrons. The van der Waals surface area contributed by atoms with E-state index in [1.165, 1.54) is 12.0 Å². The molecule has 1 heterocycles. The lowest BCUT2D eigenvalue weighted by Crippen LogP contribution is -1.81. The van der Waals surface area contributed by atoms with E-state index in [0.717, 1.165) is 17.1 Å². The molecule has 1 aromatic carbocycles. The van der Waals surface area contributed by atoms with Crippen LogP contribution in [0.2, 0.25) is 0 Å². The summed E-state index contributed by atoms with van der Waals surface area (Å²) in [6, 6.07) is 8.04. The van der Waals surface area contributed by atoms with Gasteiger partial charge in [-0.25, -0.2) is 0 Å². The van der Waals surface area contributed by atoms with Gasteiger partial charge in [-0.15, -0.1) is 0 Å². The Hall–Kier alpha value is -0.890. The van der Waals surface area contributed by atoms with Crippen LogP contribution in [0.25, 0.3) is 6.08 Å². The van der Waals surface area contributed by atoms with Crippen LogP contribution in [0.5, 0.6) is 5.75 Å². The number of benzene rings is 1. The van der Waals surface area contributed by atoms with Gasteiger partial charge in [-0.05, 0) is 6.07 Å². The maximum absolute atomic E-state index is 5.40. The fourth-order valence-electron chi connectivity index (χ4n) is 1.01. The summed E-state index contributed by atoms with van der Waals surface area (Å²) >= 11 is 1.47. The first-order chi connectivity index (χ1) is 5.47. The molecule has 0 aliphatic carbocycles. The number of hydrogen-bond donors (Lipinski definition) is 0. The molecule has 0 amide bonds. The fourth-order valence-corrected chi connectivity index (χ4v) is 1.53. The molecular formula is C9H8OS. The third-order valence-corrected chi connectivity index (χ3v) is 2.16. The van der Waals surface area contributed by atoms with Gasteiger partial charge in [-0.2, -0.15) is 0 Å². The summed E-state index contributed by atoms with van der Waals surface area (Å²) in [7, 11) is 0. The maximum Gasteiger partial charge on any atom is 0.144 e. The molecule has 0 spiro atoms. The molecule has 0 saturated carbocycles. The minimum Gasteiger partial charge on any atom is -0.425 e. The Balaban J connectivity index is 2.45. The number of para-hydroxylation sites is 1. The number of fused-ring (bicyclic) bond motifs is 1. The van der Waals surface area contributed by atoms with E-state index in [9.17, 15) is 0 Å². The van der Waals surface area contributed by atoms with E-state index < -0.39 is 0 Å². The van der Waals surface area contributed by atoms with Gasteiger partial charge in [-0.3, -0.25) is 0 Å². The Morgan fingerprint density at radius 2 is 2.18 bits per heavy atom. The van der Waals surface area contributed by atoms with E-state index in [4.69, 9.17) is 4.18 Å². The van der Waals surface area contributed by atoms with E-state index in [1.54, 1.807) is 0 Å². The fraction of sp³-hybridized carbons (Fsp3) is 0.111. The molecule has 0 fully saturated rings. The zero-order valence-electron chi connectivity index (χ0n) is 5.99. The van der Waals surface area contributed by atoms with Crippen LogP contribution >= 0.6 is 12.0 Å². The first-order valence-corrected chi connectivity index (χ1v) is 4.43. The van der Waals surface area contributed by atoms with Gasteiger partial charge in [0.15, 0.2) is 0 Å². The average Bonchev–Trinajstić information content (AvgIpc) is 2.28. The van der Waals surface area contributed by atoms with Crippen LogP contribution in [0.4, 0.5) is 0 Å².